The number of carbonyl (C=O) groups is 1. The van der Waals surface area contributed by atoms with Crippen molar-refractivity contribution >= 4 is 21.7 Å². The van der Waals surface area contributed by atoms with E-state index in [2.05, 4.69) is 20.3 Å². The van der Waals surface area contributed by atoms with E-state index in [1.54, 1.807) is 25.4 Å². The molecule has 106 valence electrons. The third-order valence-corrected chi connectivity index (χ3v) is 3.02. The standard InChI is InChI=1S/C11H18N4O3S/c1-12-10-9(5-3-6-13-10)11(16)14-7-4-8-15-19(2,17)18/h3,5-6,15H,4,7-8H2,1-2H3,(H,12,13)(H,14,16). The van der Waals surface area contributed by atoms with Crippen molar-refractivity contribution in [3.8, 4) is 0 Å². The van der Waals surface area contributed by atoms with E-state index in [1.165, 1.54) is 0 Å². The third-order valence-electron chi connectivity index (χ3n) is 2.29. The molecule has 19 heavy (non-hydrogen) atoms. The van der Waals surface area contributed by atoms with Gasteiger partial charge in [0, 0.05) is 26.3 Å². The Labute approximate surface area is 112 Å². The molecule has 0 unspecified atom stereocenters. The van der Waals surface area contributed by atoms with Crippen LogP contribution in [0.2, 0.25) is 0 Å². The molecule has 0 saturated heterocycles. The summed E-state index contributed by atoms with van der Waals surface area (Å²) in [6.07, 6.45) is 3.22. The van der Waals surface area contributed by atoms with Gasteiger partial charge in [-0.15, -0.1) is 0 Å². The molecule has 0 aliphatic carbocycles. The van der Waals surface area contributed by atoms with Crippen molar-refractivity contribution in [3.05, 3.63) is 23.9 Å². The van der Waals surface area contributed by atoms with Gasteiger partial charge in [0.2, 0.25) is 10.0 Å². The number of hydrogen-bond donors (Lipinski definition) is 3. The first-order valence-corrected chi connectivity index (χ1v) is 7.69. The number of hydrogen-bond acceptors (Lipinski definition) is 5. The predicted molar refractivity (Wildman–Crippen MR) is 73.6 cm³/mol. The van der Waals surface area contributed by atoms with E-state index >= 15 is 0 Å². The zero-order valence-electron chi connectivity index (χ0n) is 10.9. The predicted octanol–water partition coefficient (Wildman–Crippen LogP) is -0.208. The van der Waals surface area contributed by atoms with Crippen molar-refractivity contribution in [1.29, 1.82) is 0 Å². The molecule has 7 nitrogen and oxygen atoms in total. The minimum Gasteiger partial charge on any atom is -0.372 e. The van der Waals surface area contributed by atoms with Crippen molar-refractivity contribution in [1.82, 2.24) is 15.0 Å². The molecule has 0 spiro atoms. The average molecular weight is 286 g/mol. The first-order valence-electron chi connectivity index (χ1n) is 5.79. The van der Waals surface area contributed by atoms with E-state index in [1.807, 2.05) is 0 Å². The lowest BCUT2D eigenvalue weighted by Crippen LogP contribution is -2.29. The molecule has 0 radical (unpaired) electrons. The zero-order chi connectivity index (χ0) is 14.3. The molecule has 0 fully saturated rings. The van der Waals surface area contributed by atoms with Gasteiger partial charge in [-0.2, -0.15) is 0 Å². The van der Waals surface area contributed by atoms with Crippen LogP contribution < -0.4 is 15.4 Å². The molecule has 1 heterocycles. The van der Waals surface area contributed by atoms with Crippen LogP contribution in [0.3, 0.4) is 0 Å². The fourth-order valence-corrected chi connectivity index (χ4v) is 1.95. The van der Waals surface area contributed by atoms with Gasteiger partial charge < -0.3 is 10.6 Å². The Balaban J connectivity index is 2.39. The molecule has 1 rings (SSSR count). The van der Waals surface area contributed by atoms with Gasteiger partial charge in [-0.3, -0.25) is 4.79 Å². The maximum atomic E-state index is 11.9. The number of rotatable bonds is 7. The Hall–Kier alpha value is -1.67. The van der Waals surface area contributed by atoms with E-state index in [9.17, 15) is 13.2 Å². The van der Waals surface area contributed by atoms with Crippen LogP contribution in [-0.4, -0.2) is 45.7 Å². The summed E-state index contributed by atoms with van der Waals surface area (Å²) in [5, 5.41) is 5.54. The maximum Gasteiger partial charge on any atom is 0.255 e. The lowest BCUT2D eigenvalue weighted by molar-refractivity contribution is 0.0954. The number of pyridine rings is 1. The van der Waals surface area contributed by atoms with E-state index in [0.717, 1.165) is 6.26 Å². The summed E-state index contributed by atoms with van der Waals surface area (Å²) < 4.78 is 24.0. The van der Waals surface area contributed by atoms with Crippen LogP contribution in [0.25, 0.3) is 0 Å². The molecule has 0 aromatic carbocycles. The monoisotopic (exact) mass is 286 g/mol. The quantitative estimate of drug-likeness (QED) is 0.602. The maximum absolute atomic E-state index is 11.9. The highest BCUT2D eigenvalue weighted by Gasteiger charge is 2.10. The summed E-state index contributed by atoms with van der Waals surface area (Å²) in [4.78, 5) is 15.9. The third kappa shape index (κ3) is 5.66. The van der Waals surface area contributed by atoms with Crippen LogP contribution in [0, 0.1) is 0 Å². The summed E-state index contributed by atoms with van der Waals surface area (Å²) in [5.41, 5.74) is 0.459. The van der Waals surface area contributed by atoms with E-state index in [4.69, 9.17) is 0 Å². The highest BCUT2D eigenvalue weighted by atomic mass is 32.2. The number of nitrogens with zero attached hydrogens (tertiary/aromatic N) is 1. The summed E-state index contributed by atoms with van der Waals surface area (Å²) in [5.74, 6) is 0.270. The minimum atomic E-state index is -3.17. The lowest BCUT2D eigenvalue weighted by atomic mass is 10.2. The fourth-order valence-electron chi connectivity index (χ4n) is 1.43. The van der Waals surface area contributed by atoms with Crippen molar-refractivity contribution in [2.45, 2.75) is 6.42 Å². The molecule has 0 saturated carbocycles. The summed E-state index contributed by atoms with van der Waals surface area (Å²) in [6, 6.07) is 3.35. The van der Waals surface area contributed by atoms with Crippen LogP contribution in [-0.2, 0) is 10.0 Å². The van der Waals surface area contributed by atoms with Crippen LogP contribution in [0.1, 0.15) is 16.8 Å². The Morgan fingerprint density at radius 2 is 2.11 bits per heavy atom. The molecule has 0 atom stereocenters. The average Bonchev–Trinajstić information content (AvgIpc) is 2.36. The molecule has 1 aromatic heterocycles. The molecule has 1 aromatic rings. The topological polar surface area (TPSA) is 100 Å². The molecular formula is C11H18N4O3S. The Morgan fingerprint density at radius 1 is 1.37 bits per heavy atom. The Bertz CT molecular complexity index is 530. The molecule has 3 N–H and O–H groups in total. The number of anilines is 1. The smallest absolute Gasteiger partial charge is 0.255 e. The molecular weight excluding hydrogens is 268 g/mol. The normalized spacial score (nSPS) is 11.1. The second-order valence-electron chi connectivity index (χ2n) is 3.93. The van der Waals surface area contributed by atoms with Crippen molar-refractivity contribution in [2.75, 3.05) is 31.7 Å². The van der Waals surface area contributed by atoms with Crippen LogP contribution in [0.4, 0.5) is 5.82 Å². The largest absolute Gasteiger partial charge is 0.372 e. The highest BCUT2D eigenvalue weighted by molar-refractivity contribution is 7.88. The number of carbonyl (C=O) groups excluding carboxylic acids is 1. The first-order chi connectivity index (χ1) is 8.94. The van der Waals surface area contributed by atoms with Gasteiger partial charge in [0.15, 0.2) is 0 Å². The van der Waals surface area contributed by atoms with Gasteiger partial charge >= 0.3 is 0 Å². The SMILES string of the molecule is CNc1ncccc1C(=O)NCCCNS(C)(=O)=O. The van der Waals surface area contributed by atoms with Crippen LogP contribution in [0.15, 0.2) is 18.3 Å². The first kappa shape index (κ1) is 15.4. The second kappa shape index (κ2) is 7.05. The minimum absolute atomic E-state index is 0.239. The van der Waals surface area contributed by atoms with E-state index in [0.29, 0.717) is 30.9 Å². The van der Waals surface area contributed by atoms with Crippen LogP contribution >= 0.6 is 0 Å². The number of aromatic nitrogens is 1. The molecule has 8 heteroatoms. The number of amides is 1. The number of sulfonamides is 1. The van der Waals surface area contributed by atoms with E-state index in [-0.39, 0.29) is 5.91 Å². The number of nitrogens with one attached hydrogen (secondary N) is 3. The Kier molecular flexibility index (Phi) is 5.71. The molecule has 0 aliphatic heterocycles. The molecule has 0 aliphatic rings. The highest BCUT2D eigenvalue weighted by Crippen LogP contribution is 2.09. The van der Waals surface area contributed by atoms with Crippen LogP contribution in [0.5, 0.6) is 0 Å². The lowest BCUT2D eigenvalue weighted by Gasteiger charge is -2.08. The zero-order valence-corrected chi connectivity index (χ0v) is 11.8. The summed E-state index contributed by atoms with van der Waals surface area (Å²) >= 11 is 0. The van der Waals surface area contributed by atoms with Crippen molar-refractivity contribution in [2.24, 2.45) is 0 Å². The Morgan fingerprint density at radius 3 is 2.74 bits per heavy atom. The van der Waals surface area contributed by atoms with Gasteiger partial charge in [0.1, 0.15) is 5.82 Å². The summed E-state index contributed by atoms with van der Waals surface area (Å²) in [6.45, 7) is 0.685. The van der Waals surface area contributed by atoms with E-state index < -0.39 is 10.0 Å². The second-order valence-corrected chi connectivity index (χ2v) is 5.76. The van der Waals surface area contributed by atoms with Gasteiger partial charge in [-0.25, -0.2) is 18.1 Å². The van der Waals surface area contributed by atoms with Gasteiger partial charge in [-0.1, -0.05) is 0 Å². The molecule has 1 amide bonds. The van der Waals surface area contributed by atoms with Gasteiger partial charge in [0.05, 0.1) is 11.8 Å². The summed E-state index contributed by atoms with van der Waals surface area (Å²) in [7, 11) is -1.48. The molecule has 0 bridgehead atoms. The van der Waals surface area contributed by atoms with Gasteiger partial charge in [-0.05, 0) is 18.6 Å². The fraction of sp³-hybridized carbons (Fsp3) is 0.455. The van der Waals surface area contributed by atoms with Gasteiger partial charge in [0.25, 0.3) is 5.91 Å². The van der Waals surface area contributed by atoms with Crippen molar-refractivity contribution < 1.29 is 13.2 Å². The van der Waals surface area contributed by atoms with Crippen molar-refractivity contribution in [3.63, 3.8) is 0 Å².